The molecule has 1 aliphatic rings. The first kappa shape index (κ1) is 22.5. The van der Waals surface area contributed by atoms with E-state index in [0.29, 0.717) is 13.2 Å². The molecule has 2 aromatic rings. The number of imidazole rings is 1. The Balaban J connectivity index is 1.67. The monoisotopic (exact) mass is 436 g/mol. The minimum atomic E-state index is -0.706. The van der Waals surface area contributed by atoms with Gasteiger partial charge in [-0.1, -0.05) is 0 Å². The number of esters is 1. The van der Waals surface area contributed by atoms with Gasteiger partial charge in [0.05, 0.1) is 36.7 Å². The van der Waals surface area contributed by atoms with E-state index in [-0.39, 0.29) is 41.8 Å². The van der Waals surface area contributed by atoms with Crippen LogP contribution in [0.2, 0.25) is 0 Å². The van der Waals surface area contributed by atoms with E-state index in [1.807, 2.05) is 0 Å². The van der Waals surface area contributed by atoms with E-state index < -0.39 is 36.3 Å². The number of rotatable bonds is 9. The molecule has 0 aliphatic carbocycles. The number of ether oxygens (including phenoxy) is 2. The second-order valence-corrected chi connectivity index (χ2v) is 7.14. The van der Waals surface area contributed by atoms with Crippen molar-refractivity contribution >= 4 is 28.8 Å². The number of nitrogens with one attached hydrogen (secondary N) is 3. The topological polar surface area (TPSA) is 132 Å². The first-order valence-corrected chi connectivity index (χ1v) is 10.1. The first-order valence-electron chi connectivity index (χ1n) is 10.1. The maximum absolute atomic E-state index is 14.5. The molecule has 3 rings (SSSR count). The van der Waals surface area contributed by atoms with Gasteiger partial charge in [0.2, 0.25) is 11.8 Å². The van der Waals surface area contributed by atoms with E-state index in [4.69, 9.17) is 9.47 Å². The normalized spacial score (nSPS) is 15.7. The number of hydrogen-bond acceptors (Lipinski definition) is 6. The molecule has 1 unspecified atom stereocenters. The fraction of sp³-hybridized carbons (Fsp3) is 0.500. The zero-order chi connectivity index (χ0) is 22.4. The summed E-state index contributed by atoms with van der Waals surface area (Å²) in [5.74, 6) is -2.35. The molecule has 1 aromatic carbocycles. The van der Waals surface area contributed by atoms with Crippen LogP contribution in [0.3, 0.4) is 0 Å². The second-order valence-electron chi connectivity index (χ2n) is 7.14. The number of fused-ring (bicyclic) bond motifs is 1. The van der Waals surface area contributed by atoms with E-state index >= 15 is 0 Å². The summed E-state index contributed by atoms with van der Waals surface area (Å²) in [7, 11) is 0. The van der Waals surface area contributed by atoms with Crippen LogP contribution in [0.5, 0.6) is 0 Å². The molecule has 11 heteroatoms. The molecule has 0 bridgehead atoms. The predicted octanol–water partition coefficient (Wildman–Crippen LogP) is -0.0143. The SMILES string of the molecule is CCOC(=O)Cn1c(=O)[nH]c2ccc(F)c(CC(=O)NCC(=O)NCC3CCCO3)c21. The summed E-state index contributed by atoms with van der Waals surface area (Å²) < 4.78 is 25.8. The van der Waals surface area contributed by atoms with Crippen molar-refractivity contribution in [1.29, 1.82) is 0 Å². The van der Waals surface area contributed by atoms with E-state index in [2.05, 4.69) is 15.6 Å². The number of benzene rings is 1. The minimum absolute atomic E-state index is 0.0175. The highest BCUT2D eigenvalue weighted by Crippen LogP contribution is 2.20. The van der Waals surface area contributed by atoms with Gasteiger partial charge in [0.1, 0.15) is 12.4 Å². The lowest BCUT2D eigenvalue weighted by atomic mass is 10.1. The van der Waals surface area contributed by atoms with Crippen molar-refractivity contribution in [3.63, 3.8) is 0 Å². The van der Waals surface area contributed by atoms with Crippen molar-refractivity contribution in [3.8, 4) is 0 Å². The molecule has 1 fully saturated rings. The van der Waals surface area contributed by atoms with Crippen molar-refractivity contribution in [2.24, 2.45) is 0 Å². The number of H-pyrrole nitrogens is 1. The number of aromatic amines is 1. The Hall–Kier alpha value is -3.21. The molecule has 0 spiro atoms. The van der Waals surface area contributed by atoms with E-state index in [1.165, 1.54) is 6.07 Å². The number of carbonyl (C=O) groups excluding carboxylic acids is 3. The van der Waals surface area contributed by atoms with E-state index in [1.54, 1.807) is 6.92 Å². The van der Waals surface area contributed by atoms with E-state index in [0.717, 1.165) is 23.5 Å². The molecular formula is C20H25FN4O6. The summed E-state index contributed by atoms with van der Waals surface area (Å²) in [5.41, 5.74) is -0.287. The average molecular weight is 436 g/mol. The van der Waals surface area contributed by atoms with Gasteiger partial charge in [0, 0.05) is 18.7 Å². The van der Waals surface area contributed by atoms with Crippen LogP contribution in [-0.4, -0.2) is 59.7 Å². The van der Waals surface area contributed by atoms with Crippen LogP contribution in [0.1, 0.15) is 25.3 Å². The van der Waals surface area contributed by atoms with Gasteiger partial charge in [-0.3, -0.25) is 19.0 Å². The number of halogens is 1. The highest BCUT2D eigenvalue weighted by atomic mass is 19.1. The molecule has 0 radical (unpaired) electrons. The predicted molar refractivity (Wildman–Crippen MR) is 108 cm³/mol. The maximum Gasteiger partial charge on any atom is 0.327 e. The van der Waals surface area contributed by atoms with Crippen LogP contribution in [-0.2, 0) is 36.8 Å². The Bertz CT molecular complexity index is 1020. The van der Waals surface area contributed by atoms with Crippen molar-refractivity contribution in [3.05, 3.63) is 34.0 Å². The lowest BCUT2D eigenvalue weighted by molar-refractivity contribution is -0.143. The number of nitrogens with zero attached hydrogens (tertiary/aromatic N) is 1. The third kappa shape index (κ3) is 5.69. The molecule has 1 atom stereocenters. The highest BCUT2D eigenvalue weighted by Gasteiger charge is 2.20. The second kappa shape index (κ2) is 10.2. The molecule has 1 aliphatic heterocycles. The van der Waals surface area contributed by atoms with Crippen molar-refractivity contribution in [2.45, 2.75) is 38.8 Å². The first-order chi connectivity index (χ1) is 14.9. The van der Waals surface area contributed by atoms with Crippen LogP contribution < -0.4 is 16.3 Å². The zero-order valence-electron chi connectivity index (χ0n) is 17.2. The molecule has 1 aromatic heterocycles. The smallest absolute Gasteiger partial charge is 0.327 e. The molecule has 31 heavy (non-hydrogen) atoms. The molecular weight excluding hydrogens is 411 g/mol. The third-order valence-corrected chi connectivity index (χ3v) is 4.91. The summed E-state index contributed by atoms with van der Waals surface area (Å²) in [6.45, 7) is 2.11. The largest absolute Gasteiger partial charge is 0.465 e. The Morgan fingerprint density at radius 3 is 2.81 bits per heavy atom. The van der Waals surface area contributed by atoms with Crippen molar-refractivity contribution < 1.29 is 28.2 Å². The van der Waals surface area contributed by atoms with Gasteiger partial charge in [-0.2, -0.15) is 0 Å². The molecule has 10 nitrogen and oxygen atoms in total. The quantitative estimate of drug-likeness (QED) is 0.474. The average Bonchev–Trinajstić information content (AvgIpc) is 3.35. The molecule has 2 heterocycles. The van der Waals surface area contributed by atoms with Gasteiger partial charge in [0.25, 0.3) is 0 Å². The van der Waals surface area contributed by atoms with Gasteiger partial charge in [0.15, 0.2) is 0 Å². The van der Waals surface area contributed by atoms with Gasteiger partial charge < -0.3 is 25.1 Å². The fourth-order valence-corrected chi connectivity index (χ4v) is 3.46. The standard InChI is InChI=1S/C20H25FN4O6/c1-2-30-18(28)11-25-19-13(14(21)5-6-15(19)24-20(25)29)8-16(26)23-10-17(27)22-9-12-4-3-7-31-12/h5-6,12H,2-4,7-11H2,1H3,(H,22,27)(H,23,26)(H,24,29). The number of carbonyl (C=O) groups is 3. The Labute approximate surface area is 177 Å². The summed E-state index contributed by atoms with van der Waals surface area (Å²) in [4.78, 5) is 50.9. The van der Waals surface area contributed by atoms with Crippen molar-refractivity contribution in [2.75, 3.05) is 26.3 Å². The van der Waals surface area contributed by atoms with Crippen LogP contribution in [0.25, 0.3) is 11.0 Å². The molecule has 168 valence electrons. The van der Waals surface area contributed by atoms with Gasteiger partial charge in [-0.05, 0) is 31.9 Å². The molecule has 3 N–H and O–H groups in total. The summed E-state index contributed by atoms with van der Waals surface area (Å²) in [6.07, 6.45) is 1.40. The van der Waals surface area contributed by atoms with Crippen molar-refractivity contribution in [1.82, 2.24) is 20.2 Å². The van der Waals surface area contributed by atoms with Crippen LogP contribution in [0, 0.1) is 5.82 Å². The molecule has 2 amide bonds. The van der Waals surface area contributed by atoms with Gasteiger partial charge in [-0.15, -0.1) is 0 Å². The Morgan fingerprint density at radius 1 is 1.29 bits per heavy atom. The lowest BCUT2D eigenvalue weighted by Crippen LogP contribution is -2.40. The number of aromatic nitrogens is 2. The summed E-state index contributed by atoms with van der Waals surface area (Å²) >= 11 is 0. The minimum Gasteiger partial charge on any atom is -0.465 e. The van der Waals surface area contributed by atoms with Gasteiger partial charge >= 0.3 is 11.7 Å². The van der Waals surface area contributed by atoms with Crippen LogP contribution >= 0.6 is 0 Å². The van der Waals surface area contributed by atoms with Crippen LogP contribution in [0.15, 0.2) is 16.9 Å². The summed E-state index contributed by atoms with van der Waals surface area (Å²) in [6, 6.07) is 2.48. The zero-order valence-corrected chi connectivity index (χ0v) is 17.2. The Morgan fingerprint density at radius 2 is 2.10 bits per heavy atom. The number of hydrogen-bond donors (Lipinski definition) is 3. The van der Waals surface area contributed by atoms with Crippen LogP contribution in [0.4, 0.5) is 4.39 Å². The number of amides is 2. The molecule has 0 saturated carbocycles. The lowest BCUT2D eigenvalue weighted by Gasteiger charge is -2.12. The van der Waals surface area contributed by atoms with Gasteiger partial charge in [-0.25, -0.2) is 9.18 Å². The Kier molecular flexibility index (Phi) is 7.40. The van der Waals surface area contributed by atoms with E-state index in [9.17, 15) is 23.6 Å². The maximum atomic E-state index is 14.5. The summed E-state index contributed by atoms with van der Waals surface area (Å²) in [5, 5.41) is 5.11. The molecule has 1 saturated heterocycles. The third-order valence-electron chi connectivity index (χ3n) is 4.91. The highest BCUT2D eigenvalue weighted by molar-refractivity contribution is 5.89. The fourth-order valence-electron chi connectivity index (χ4n) is 3.46.